The molecule has 3 unspecified atom stereocenters. The molecule has 2 heterocycles. The lowest BCUT2D eigenvalue weighted by Gasteiger charge is -2.36. The van der Waals surface area contributed by atoms with Crippen molar-refractivity contribution in [1.82, 2.24) is 9.80 Å². The molecule has 0 aromatic carbocycles. The molecule has 3 atom stereocenters. The third-order valence-electron chi connectivity index (χ3n) is 5.47. The Kier molecular flexibility index (Phi) is 4.40. The number of rotatable bonds is 2. The molecule has 0 bridgehead atoms. The molecule has 2 saturated heterocycles. The highest BCUT2D eigenvalue weighted by Gasteiger charge is 2.36. The van der Waals surface area contributed by atoms with Gasteiger partial charge in [0.2, 0.25) is 0 Å². The van der Waals surface area contributed by atoms with Crippen LogP contribution in [0.5, 0.6) is 0 Å². The lowest BCUT2D eigenvalue weighted by molar-refractivity contribution is 0.125. The van der Waals surface area contributed by atoms with Crippen molar-refractivity contribution in [2.45, 2.75) is 63.5 Å². The number of nitrogens with zero attached hydrogens (tertiary/aromatic N) is 3. The minimum Gasteiger partial charge on any atom is -0.299 e. The van der Waals surface area contributed by atoms with Crippen LogP contribution in [0.2, 0.25) is 0 Å². The standard InChI is InChI=1S/C16H27N3/c17-12-14-6-2-3-7-16(14)19-11-8-15(13-19)18-9-4-1-5-10-18/h14-16H,1-11,13H2. The van der Waals surface area contributed by atoms with Crippen molar-refractivity contribution in [1.29, 1.82) is 5.26 Å². The highest BCUT2D eigenvalue weighted by atomic mass is 15.3. The zero-order valence-corrected chi connectivity index (χ0v) is 12.1. The SMILES string of the molecule is N#CC1CCCCC1N1CCC(N2CCCCC2)C1. The normalized spacial score (nSPS) is 38.2. The fourth-order valence-corrected chi connectivity index (χ4v) is 4.35. The molecule has 0 N–H and O–H groups in total. The monoisotopic (exact) mass is 261 g/mol. The second-order valence-electron chi connectivity index (χ2n) is 6.62. The number of piperidine rings is 1. The number of nitriles is 1. The first-order chi connectivity index (χ1) is 9.38. The summed E-state index contributed by atoms with van der Waals surface area (Å²) in [5.41, 5.74) is 0. The first-order valence-electron chi connectivity index (χ1n) is 8.26. The van der Waals surface area contributed by atoms with E-state index in [0.717, 1.165) is 12.5 Å². The van der Waals surface area contributed by atoms with E-state index in [1.54, 1.807) is 0 Å². The molecule has 0 aromatic rings. The van der Waals surface area contributed by atoms with Gasteiger partial charge in [-0.3, -0.25) is 9.80 Å². The van der Waals surface area contributed by atoms with Gasteiger partial charge in [-0.1, -0.05) is 19.3 Å². The van der Waals surface area contributed by atoms with Crippen LogP contribution in [-0.2, 0) is 0 Å². The first kappa shape index (κ1) is 13.4. The van der Waals surface area contributed by atoms with Gasteiger partial charge in [0.05, 0.1) is 12.0 Å². The fraction of sp³-hybridized carbons (Fsp3) is 0.938. The van der Waals surface area contributed by atoms with Gasteiger partial charge in [-0.2, -0.15) is 5.26 Å². The summed E-state index contributed by atoms with van der Waals surface area (Å²) in [4.78, 5) is 5.36. The van der Waals surface area contributed by atoms with Crippen molar-refractivity contribution < 1.29 is 0 Å². The van der Waals surface area contributed by atoms with Crippen molar-refractivity contribution >= 4 is 0 Å². The fourth-order valence-electron chi connectivity index (χ4n) is 4.35. The summed E-state index contributed by atoms with van der Waals surface area (Å²) in [6.45, 7) is 5.07. The third kappa shape index (κ3) is 2.95. The lowest BCUT2D eigenvalue weighted by Crippen LogP contribution is -2.44. The summed E-state index contributed by atoms with van der Waals surface area (Å²) >= 11 is 0. The molecule has 3 fully saturated rings. The van der Waals surface area contributed by atoms with Gasteiger partial charge in [0.1, 0.15) is 0 Å². The molecule has 3 rings (SSSR count). The molecule has 2 aliphatic heterocycles. The van der Waals surface area contributed by atoms with Crippen LogP contribution < -0.4 is 0 Å². The molecule has 3 heteroatoms. The largest absolute Gasteiger partial charge is 0.299 e. The van der Waals surface area contributed by atoms with Gasteiger partial charge in [0, 0.05) is 25.2 Å². The van der Waals surface area contributed by atoms with Gasteiger partial charge < -0.3 is 0 Å². The first-order valence-corrected chi connectivity index (χ1v) is 8.26. The Bertz CT molecular complexity index is 329. The van der Waals surface area contributed by atoms with Gasteiger partial charge in [0.25, 0.3) is 0 Å². The molecule has 1 saturated carbocycles. The maximum Gasteiger partial charge on any atom is 0.0672 e. The van der Waals surface area contributed by atoms with E-state index in [0.29, 0.717) is 12.0 Å². The van der Waals surface area contributed by atoms with E-state index in [1.807, 2.05) is 0 Å². The molecule has 0 spiro atoms. The Balaban J connectivity index is 1.57. The Hall–Kier alpha value is -0.590. The zero-order chi connectivity index (χ0) is 13.1. The zero-order valence-electron chi connectivity index (χ0n) is 12.1. The molecule has 1 aliphatic carbocycles. The van der Waals surface area contributed by atoms with Crippen molar-refractivity contribution in [3.05, 3.63) is 0 Å². The van der Waals surface area contributed by atoms with Crippen LogP contribution in [0.3, 0.4) is 0 Å². The van der Waals surface area contributed by atoms with E-state index in [2.05, 4.69) is 15.9 Å². The van der Waals surface area contributed by atoms with E-state index in [-0.39, 0.29) is 0 Å². The van der Waals surface area contributed by atoms with Crippen LogP contribution >= 0.6 is 0 Å². The van der Waals surface area contributed by atoms with E-state index in [9.17, 15) is 5.26 Å². The second kappa shape index (κ2) is 6.24. The number of hydrogen-bond donors (Lipinski definition) is 0. The Labute approximate surface area is 117 Å². The van der Waals surface area contributed by atoms with Gasteiger partial charge in [0.15, 0.2) is 0 Å². The topological polar surface area (TPSA) is 30.3 Å². The van der Waals surface area contributed by atoms with Gasteiger partial charge in [-0.05, 0) is 45.2 Å². The summed E-state index contributed by atoms with van der Waals surface area (Å²) in [6, 6.07) is 3.91. The minimum atomic E-state index is 0.300. The minimum absolute atomic E-state index is 0.300. The molecule has 3 aliphatic rings. The maximum absolute atomic E-state index is 9.35. The number of hydrogen-bond acceptors (Lipinski definition) is 3. The molecule has 3 nitrogen and oxygen atoms in total. The Morgan fingerprint density at radius 1 is 0.789 bits per heavy atom. The summed E-state index contributed by atoms with van der Waals surface area (Å²) in [5.74, 6) is 0.300. The van der Waals surface area contributed by atoms with Crippen LogP contribution in [0.25, 0.3) is 0 Å². The predicted octanol–water partition coefficient (Wildman–Crippen LogP) is 2.63. The molecule has 0 radical (unpaired) electrons. The van der Waals surface area contributed by atoms with Crippen LogP contribution in [0.4, 0.5) is 0 Å². The van der Waals surface area contributed by atoms with E-state index >= 15 is 0 Å². The quantitative estimate of drug-likeness (QED) is 0.765. The summed E-state index contributed by atoms with van der Waals surface area (Å²) in [6.07, 6.45) is 10.5. The van der Waals surface area contributed by atoms with Crippen molar-refractivity contribution in [2.24, 2.45) is 5.92 Å². The van der Waals surface area contributed by atoms with E-state index in [4.69, 9.17) is 0 Å². The van der Waals surface area contributed by atoms with Gasteiger partial charge >= 0.3 is 0 Å². The predicted molar refractivity (Wildman–Crippen MR) is 76.8 cm³/mol. The van der Waals surface area contributed by atoms with Crippen molar-refractivity contribution in [2.75, 3.05) is 26.2 Å². The summed E-state index contributed by atoms with van der Waals surface area (Å²) in [5, 5.41) is 9.35. The molecule has 0 aromatic heterocycles. The Morgan fingerprint density at radius 3 is 2.37 bits per heavy atom. The molecular formula is C16H27N3. The van der Waals surface area contributed by atoms with E-state index < -0.39 is 0 Å². The molecular weight excluding hydrogens is 234 g/mol. The van der Waals surface area contributed by atoms with Crippen molar-refractivity contribution in [3.8, 4) is 6.07 Å². The third-order valence-corrected chi connectivity index (χ3v) is 5.47. The smallest absolute Gasteiger partial charge is 0.0672 e. The summed E-state index contributed by atoms with van der Waals surface area (Å²) in [7, 11) is 0. The van der Waals surface area contributed by atoms with Crippen LogP contribution in [-0.4, -0.2) is 48.1 Å². The second-order valence-corrected chi connectivity index (χ2v) is 6.62. The van der Waals surface area contributed by atoms with Crippen molar-refractivity contribution in [3.63, 3.8) is 0 Å². The average Bonchev–Trinajstić information content (AvgIpc) is 2.98. The summed E-state index contributed by atoms with van der Waals surface area (Å²) < 4.78 is 0. The van der Waals surface area contributed by atoms with Crippen LogP contribution in [0.1, 0.15) is 51.4 Å². The molecule has 19 heavy (non-hydrogen) atoms. The molecule has 0 amide bonds. The highest BCUT2D eigenvalue weighted by molar-refractivity contribution is 4.98. The van der Waals surface area contributed by atoms with E-state index in [1.165, 1.54) is 71.1 Å². The van der Waals surface area contributed by atoms with Gasteiger partial charge in [-0.15, -0.1) is 0 Å². The highest BCUT2D eigenvalue weighted by Crippen LogP contribution is 2.31. The Morgan fingerprint density at radius 2 is 1.58 bits per heavy atom. The molecule has 106 valence electrons. The van der Waals surface area contributed by atoms with Crippen LogP contribution in [0.15, 0.2) is 0 Å². The van der Waals surface area contributed by atoms with Crippen LogP contribution in [0, 0.1) is 17.2 Å². The average molecular weight is 261 g/mol. The van der Waals surface area contributed by atoms with Gasteiger partial charge in [-0.25, -0.2) is 0 Å². The maximum atomic E-state index is 9.35. The number of likely N-dealkylation sites (tertiary alicyclic amines) is 2. The lowest BCUT2D eigenvalue weighted by atomic mass is 9.84.